The molecule has 1 amide bonds. The van der Waals surface area contributed by atoms with E-state index in [9.17, 15) is 9.18 Å². The minimum Gasteiger partial charge on any atom is -0.340 e. The van der Waals surface area contributed by atoms with Crippen LogP contribution in [0.25, 0.3) is 0 Å². The highest BCUT2D eigenvalue weighted by Crippen LogP contribution is 2.22. The number of amides is 1. The van der Waals surface area contributed by atoms with Crippen molar-refractivity contribution in [1.82, 2.24) is 29.7 Å². The van der Waals surface area contributed by atoms with E-state index in [1.54, 1.807) is 49.9 Å². The molecule has 0 unspecified atom stereocenters. The monoisotopic (exact) mass is 526 g/mol. The molecule has 0 aliphatic carbocycles. The fourth-order valence-corrected chi connectivity index (χ4v) is 4.67. The zero-order chi connectivity index (χ0) is 27.2. The summed E-state index contributed by atoms with van der Waals surface area (Å²) in [6.45, 7) is 3.90. The first-order valence-electron chi connectivity index (χ1n) is 12.9. The van der Waals surface area contributed by atoms with E-state index in [4.69, 9.17) is 0 Å². The zero-order valence-corrected chi connectivity index (χ0v) is 22.0. The van der Waals surface area contributed by atoms with Crippen LogP contribution >= 0.6 is 0 Å². The predicted molar refractivity (Wildman–Crippen MR) is 149 cm³/mol. The summed E-state index contributed by atoms with van der Waals surface area (Å²) in [6.07, 6.45) is 8.66. The third-order valence-corrected chi connectivity index (χ3v) is 6.88. The number of halogens is 1. The minimum absolute atomic E-state index is 0.0358. The zero-order valence-electron chi connectivity index (χ0n) is 22.0. The van der Waals surface area contributed by atoms with Crippen molar-refractivity contribution in [2.45, 2.75) is 32.4 Å². The van der Waals surface area contributed by atoms with Crippen molar-refractivity contribution in [3.05, 3.63) is 96.0 Å². The lowest BCUT2D eigenvalue weighted by Crippen LogP contribution is -2.45. The Bertz CT molecular complexity index is 1410. The summed E-state index contributed by atoms with van der Waals surface area (Å²) in [6, 6.07) is 14.3. The number of carbonyl (C=O) groups is 1. The van der Waals surface area contributed by atoms with E-state index >= 15 is 0 Å². The van der Waals surface area contributed by atoms with Crippen LogP contribution in [0.1, 0.15) is 34.5 Å². The highest BCUT2D eigenvalue weighted by Gasteiger charge is 2.26. The first-order chi connectivity index (χ1) is 18.9. The number of hydrogen-bond donors (Lipinski definition) is 2. The Morgan fingerprint density at radius 1 is 1.00 bits per heavy atom. The molecule has 1 saturated heterocycles. The van der Waals surface area contributed by atoms with Gasteiger partial charge in [-0.25, -0.2) is 9.37 Å². The topological polar surface area (TPSA) is 99.2 Å². The molecule has 0 radical (unpaired) electrons. The van der Waals surface area contributed by atoms with E-state index < -0.39 is 0 Å². The van der Waals surface area contributed by atoms with Gasteiger partial charge in [-0.3, -0.25) is 19.7 Å². The molecule has 200 valence electrons. The molecule has 3 heterocycles. The van der Waals surface area contributed by atoms with E-state index in [0.717, 1.165) is 49.5 Å². The van der Waals surface area contributed by atoms with Crippen LogP contribution in [0.2, 0.25) is 0 Å². The van der Waals surface area contributed by atoms with Gasteiger partial charge in [-0.05, 0) is 80.9 Å². The Kier molecular flexibility index (Phi) is 8.02. The van der Waals surface area contributed by atoms with Gasteiger partial charge in [-0.2, -0.15) is 4.98 Å². The smallest absolute Gasteiger partial charge is 0.253 e. The maximum atomic E-state index is 13.5. The first kappa shape index (κ1) is 26.2. The van der Waals surface area contributed by atoms with Gasteiger partial charge in [0.05, 0.1) is 5.69 Å². The largest absolute Gasteiger partial charge is 0.340 e. The number of anilines is 4. The Hall–Kier alpha value is -4.44. The van der Waals surface area contributed by atoms with Gasteiger partial charge in [-0.1, -0.05) is 0 Å². The standard InChI is InChI=1S/C29H31FN8O/c1-20-17-23(7-8-26(20)30)34-27-9-12-33-29(36-27)35-22-5-3-21(4-6-22)28(39)38-15-10-25(11-16-38)37(2)19-24-18-31-13-14-32-24/h3-9,12-14,17-18,25H,10-11,15-16,19H2,1-2H3,(H2,33,34,35,36). The highest BCUT2D eigenvalue weighted by molar-refractivity contribution is 5.94. The van der Waals surface area contributed by atoms with E-state index in [1.165, 1.54) is 6.07 Å². The van der Waals surface area contributed by atoms with Crippen LogP contribution in [0.15, 0.2) is 73.3 Å². The molecule has 1 fully saturated rings. The molecule has 2 aromatic carbocycles. The van der Waals surface area contributed by atoms with Gasteiger partial charge in [0.25, 0.3) is 5.91 Å². The lowest BCUT2D eigenvalue weighted by atomic mass is 10.0. The van der Waals surface area contributed by atoms with E-state index in [1.807, 2.05) is 29.2 Å². The summed E-state index contributed by atoms with van der Waals surface area (Å²) in [5, 5.41) is 6.34. The summed E-state index contributed by atoms with van der Waals surface area (Å²) >= 11 is 0. The number of hydrogen-bond acceptors (Lipinski definition) is 8. The highest BCUT2D eigenvalue weighted by atomic mass is 19.1. The summed E-state index contributed by atoms with van der Waals surface area (Å²) < 4.78 is 13.5. The number of nitrogens with zero attached hydrogens (tertiary/aromatic N) is 6. The maximum absolute atomic E-state index is 13.5. The van der Waals surface area contributed by atoms with Crippen LogP contribution in [-0.2, 0) is 6.54 Å². The second-order valence-corrected chi connectivity index (χ2v) is 9.69. The maximum Gasteiger partial charge on any atom is 0.253 e. The van der Waals surface area contributed by atoms with Crippen molar-refractivity contribution < 1.29 is 9.18 Å². The van der Waals surface area contributed by atoms with E-state index in [0.29, 0.717) is 28.9 Å². The fraction of sp³-hybridized carbons (Fsp3) is 0.276. The second kappa shape index (κ2) is 12.0. The van der Waals surface area contributed by atoms with Crippen LogP contribution in [0, 0.1) is 12.7 Å². The van der Waals surface area contributed by atoms with Crippen molar-refractivity contribution in [1.29, 1.82) is 0 Å². The molecule has 0 atom stereocenters. The Labute approximate surface area is 227 Å². The number of aryl methyl sites for hydroxylation is 1. The Morgan fingerprint density at radius 3 is 2.49 bits per heavy atom. The number of nitrogens with one attached hydrogen (secondary N) is 2. The second-order valence-electron chi connectivity index (χ2n) is 9.69. The van der Waals surface area contributed by atoms with E-state index in [-0.39, 0.29) is 11.7 Å². The van der Waals surface area contributed by atoms with Gasteiger partial charge in [-0.15, -0.1) is 0 Å². The van der Waals surface area contributed by atoms with Crippen LogP contribution in [0.4, 0.5) is 27.5 Å². The quantitative estimate of drug-likeness (QED) is 0.333. The van der Waals surface area contributed by atoms with Crippen molar-refractivity contribution in [3.8, 4) is 0 Å². The molecular formula is C29H31FN8O. The minimum atomic E-state index is -0.251. The van der Waals surface area contributed by atoms with Gasteiger partial charge in [0, 0.05) is 67.4 Å². The number of piperidine rings is 1. The summed E-state index contributed by atoms with van der Waals surface area (Å²) in [7, 11) is 2.10. The van der Waals surface area contributed by atoms with Crippen LogP contribution in [-0.4, -0.2) is 61.8 Å². The normalized spacial score (nSPS) is 13.9. The van der Waals surface area contributed by atoms with Crippen LogP contribution < -0.4 is 10.6 Å². The molecule has 1 aliphatic rings. The number of carbonyl (C=O) groups excluding carboxylic acids is 1. The predicted octanol–water partition coefficient (Wildman–Crippen LogP) is 4.94. The summed E-state index contributed by atoms with van der Waals surface area (Å²) in [5.74, 6) is 0.773. The van der Waals surface area contributed by atoms with Gasteiger partial charge in [0.15, 0.2) is 0 Å². The first-order valence-corrected chi connectivity index (χ1v) is 12.9. The van der Waals surface area contributed by atoms with Gasteiger partial charge >= 0.3 is 0 Å². The Balaban J connectivity index is 1.14. The number of rotatable bonds is 8. The summed E-state index contributed by atoms with van der Waals surface area (Å²) in [5.41, 5.74) is 3.66. The number of aromatic nitrogens is 4. The van der Waals surface area contributed by atoms with Gasteiger partial charge < -0.3 is 15.5 Å². The summed E-state index contributed by atoms with van der Waals surface area (Å²) in [4.78, 5) is 34.6. The fourth-order valence-electron chi connectivity index (χ4n) is 4.67. The molecule has 2 N–H and O–H groups in total. The number of benzene rings is 2. The molecule has 9 nitrogen and oxygen atoms in total. The lowest BCUT2D eigenvalue weighted by Gasteiger charge is -2.36. The third-order valence-electron chi connectivity index (χ3n) is 6.88. The molecule has 5 rings (SSSR count). The molecule has 0 saturated carbocycles. The SMILES string of the molecule is Cc1cc(Nc2ccnc(Nc3ccc(C(=O)N4CCC(N(C)Cc5cnccn5)CC4)cc3)n2)ccc1F. The molecule has 0 bridgehead atoms. The molecule has 39 heavy (non-hydrogen) atoms. The lowest BCUT2D eigenvalue weighted by molar-refractivity contribution is 0.0638. The van der Waals surface area contributed by atoms with Crippen molar-refractivity contribution in [2.75, 3.05) is 30.8 Å². The van der Waals surface area contributed by atoms with Crippen LogP contribution in [0.5, 0.6) is 0 Å². The Morgan fingerprint density at radius 2 is 1.77 bits per heavy atom. The molecule has 2 aromatic heterocycles. The molecular weight excluding hydrogens is 495 g/mol. The molecule has 10 heteroatoms. The molecule has 4 aromatic rings. The van der Waals surface area contributed by atoms with Crippen molar-refractivity contribution in [3.63, 3.8) is 0 Å². The average Bonchev–Trinajstić information content (AvgIpc) is 2.96. The van der Waals surface area contributed by atoms with Crippen LogP contribution in [0.3, 0.4) is 0 Å². The van der Waals surface area contributed by atoms with Gasteiger partial charge in [0.2, 0.25) is 5.95 Å². The van der Waals surface area contributed by atoms with Crippen molar-refractivity contribution >= 4 is 29.0 Å². The molecule has 0 spiro atoms. The molecule has 1 aliphatic heterocycles. The number of likely N-dealkylation sites (tertiary alicyclic amines) is 1. The van der Waals surface area contributed by atoms with Crippen molar-refractivity contribution in [2.24, 2.45) is 0 Å². The average molecular weight is 527 g/mol. The van der Waals surface area contributed by atoms with E-state index in [2.05, 4.69) is 42.5 Å². The third kappa shape index (κ3) is 6.71. The van der Waals surface area contributed by atoms with Gasteiger partial charge in [0.1, 0.15) is 11.6 Å².